The summed E-state index contributed by atoms with van der Waals surface area (Å²) < 4.78 is 11.2. The largest absolute Gasteiger partial charge is 0.462 e. The van der Waals surface area contributed by atoms with Crippen LogP contribution in [0, 0.1) is 5.92 Å². The van der Waals surface area contributed by atoms with Gasteiger partial charge in [0.05, 0.1) is 18.1 Å². The van der Waals surface area contributed by atoms with E-state index in [0.717, 1.165) is 19.3 Å². The molecule has 3 heteroatoms. The molecule has 15 heavy (non-hydrogen) atoms. The lowest BCUT2D eigenvalue weighted by molar-refractivity contribution is -0.168. The fraction of sp³-hybridized carbons (Fsp3) is 0.750. The molecule has 0 bridgehead atoms. The van der Waals surface area contributed by atoms with Crippen LogP contribution in [-0.4, -0.2) is 24.3 Å². The summed E-state index contributed by atoms with van der Waals surface area (Å²) in [6.45, 7) is 3.96. The molecule has 4 atom stereocenters. The first-order valence-electron chi connectivity index (χ1n) is 5.69. The van der Waals surface area contributed by atoms with E-state index < -0.39 is 0 Å². The van der Waals surface area contributed by atoms with E-state index in [1.165, 1.54) is 0 Å². The van der Waals surface area contributed by atoms with E-state index in [4.69, 9.17) is 9.47 Å². The zero-order chi connectivity index (χ0) is 10.8. The fourth-order valence-corrected chi connectivity index (χ4v) is 2.32. The Bertz CT molecular complexity index is 272. The first kappa shape index (κ1) is 10.7. The Balaban J connectivity index is 2.14. The number of rotatable bonds is 0. The van der Waals surface area contributed by atoms with Gasteiger partial charge in [-0.2, -0.15) is 0 Å². The summed E-state index contributed by atoms with van der Waals surface area (Å²) >= 11 is 0. The molecular formula is C12H18O3. The minimum atomic E-state index is -0.0970. The van der Waals surface area contributed by atoms with E-state index in [2.05, 4.69) is 6.08 Å². The van der Waals surface area contributed by atoms with Gasteiger partial charge in [0, 0.05) is 6.42 Å². The number of allylic oxidation sites excluding steroid dienone is 1. The van der Waals surface area contributed by atoms with Gasteiger partial charge >= 0.3 is 5.97 Å². The number of hydrogen-bond acceptors (Lipinski definition) is 3. The average molecular weight is 210 g/mol. The Kier molecular flexibility index (Phi) is 3.10. The molecule has 0 aromatic rings. The summed E-state index contributed by atoms with van der Waals surface area (Å²) in [6.07, 6.45) is 6.72. The zero-order valence-electron chi connectivity index (χ0n) is 9.31. The van der Waals surface area contributed by atoms with E-state index in [1.54, 1.807) is 0 Å². The molecule has 1 saturated heterocycles. The maximum Gasteiger partial charge on any atom is 0.312 e. The van der Waals surface area contributed by atoms with Gasteiger partial charge in [0.1, 0.15) is 6.10 Å². The minimum absolute atomic E-state index is 0.0284. The van der Waals surface area contributed by atoms with Gasteiger partial charge in [-0.15, -0.1) is 0 Å². The van der Waals surface area contributed by atoms with Crippen LogP contribution in [0.15, 0.2) is 12.2 Å². The van der Waals surface area contributed by atoms with E-state index in [0.29, 0.717) is 0 Å². The van der Waals surface area contributed by atoms with Crippen molar-refractivity contribution in [1.82, 2.24) is 0 Å². The Labute approximate surface area is 90.4 Å². The molecule has 1 aliphatic heterocycles. The van der Waals surface area contributed by atoms with Crippen LogP contribution in [-0.2, 0) is 14.3 Å². The lowest BCUT2D eigenvalue weighted by atomic mass is 9.91. The molecule has 1 fully saturated rings. The average Bonchev–Trinajstić information content (AvgIpc) is 2.16. The predicted octanol–water partition coefficient (Wildman–Crippen LogP) is 2.06. The highest BCUT2D eigenvalue weighted by Gasteiger charge is 2.34. The van der Waals surface area contributed by atoms with Gasteiger partial charge in [-0.1, -0.05) is 12.2 Å². The van der Waals surface area contributed by atoms with Gasteiger partial charge < -0.3 is 9.47 Å². The summed E-state index contributed by atoms with van der Waals surface area (Å²) in [5.41, 5.74) is 0. The first-order valence-corrected chi connectivity index (χ1v) is 5.69. The predicted molar refractivity (Wildman–Crippen MR) is 56.4 cm³/mol. The lowest BCUT2D eigenvalue weighted by Crippen LogP contribution is -2.39. The Hall–Kier alpha value is -0.830. The topological polar surface area (TPSA) is 35.5 Å². The Morgan fingerprint density at radius 1 is 1.33 bits per heavy atom. The third-order valence-electron chi connectivity index (χ3n) is 3.04. The van der Waals surface area contributed by atoms with Gasteiger partial charge in [-0.25, -0.2) is 0 Å². The number of ether oxygens (including phenoxy) is 2. The smallest absolute Gasteiger partial charge is 0.312 e. The molecule has 3 nitrogen and oxygen atoms in total. The van der Waals surface area contributed by atoms with Crippen molar-refractivity contribution >= 4 is 5.97 Å². The summed E-state index contributed by atoms with van der Waals surface area (Å²) in [4.78, 5) is 11.8. The molecule has 2 aliphatic rings. The molecule has 0 saturated carbocycles. The van der Waals surface area contributed by atoms with Crippen LogP contribution in [0.1, 0.15) is 33.1 Å². The number of carbonyl (C=O) groups excluding carboxylic acids is 1. The summed E-state index contributed by atoms with van der Waals surface area (Å²) in [6, 6.07) is 0. The van der Waals surface area contributed by atoms with Crippen LogP contribution in [0.25, 0.3) is 0 Å². The van der Waals surface area contributed by atoms with Crippen molar-refractivity contribution in [2.75, 3.05) is 0 Å². The quantitative estimate of drug-likeness (QED) is 0.453. The maximum atomic E-state index is 11.8. The van der Waals surface area contributed by atoms with Crippen molar-refractivity contribution in [1.29, 1.82) is 0 Å². The van der Waals surface area contributed by atoms with Crippen LogP contribution < -0.4 is 0 Å². The minimum Gasteiger partial charge on any atom is -0.462 e. The standard InChI is InChI=1S/C12H18O3/c1-8-7-9(2)15-12(13)10-5-3-4-6-11(10)14-8/h4,6,8-11H,3,5,7H2,1-2H3/t8-,9-,10-,11-/m1/s1. The number of cyclic esters (lactones) is 1. The molecule has 1 aliphatic carbocycles. The molecular weight excluding hydrogens is 192 g/mol. The third-order valence-corrected chi connectivity index (χ3v) is 3.04. The highest BCUT2D eigenvalue weighted by atomic mass is 16.6. The molecule has 84 valence electrons. The molecule has 0 aromatic carbocycles. The monoisotopic (exact) mass is 210 g/mol. The van der Waals surface area contributed by atoms with E-state index >= 15 is 0 Å². The Morgan fingerprint density at radius 2 is 2.13 bits per heavy atom. The van der Waals surface area contributed by atoms with Crippen molar-refractivity contribution in [3.63, 3.8) is 0 Å². The third kappa shape index (κ3) is 2.40. The normalized spacial score (nSPS) is 41.3. The van der Waals surface area contributed by atoms with Crippen LogP contribution in [0.2, 0.25) is 0 Å². The molecule has 1 heterocycles. The molecule has 0 N–H and O–H groups in total. The first-order chi connectivity index (χ1) is 7.16. The van der Waals surface area contributed by atoms with Crippen LogP contribution in [0.5, 0.6) is 0 Å². The van der Waals surface area contributed by atoms with E-state index in [1.807, 2.05) is 19.9 Å². The van der Waals surface area contributed by atoms with Crippen LogP contribution in [0.3, 0.4) is 0 Å². The van der Waals surface area contributed by atoms with Gasteiger partial charge in [0.15, 0.2) is 0 Å². The van der Waals surface area contributed by atoms with Crippen molar-refractivity contribution in [3.8, 4) is 0 Å². The van der Waals surface area contributed by atoms with E-state index in [9.17, 15) is 4.79 Å². The zero-order valence-corrected chi connectivity index (χ0v) is 9.31. The van der Waals surface area contributed by atoms with Crippen LogP contribution in [0.4, 0.5) is 0 Å². The van der Waals surface area contributed by atoms with Gasteiger partial charge in [-0.3, -0.25) is 4.79 Å². The highest BCUT2D eigenvalue weighted by Crippen LogP contribution is 2.27. The van der Waals surface area contributed by atoms with Gasteiger partial charge in [0.2, 0.25) is 0 Å². The van der Waals surface area contributed by atoms with E-state index in [-0.39, 0.29) is 30.2 Å². The summed E-state index contributed by atoms with van der Waals surface area (Å²) in [7, 11) is 0. The molecule has 0 aromatic heterocycles. The second kappa shape index (κ2) is 4.35. The van der Waals surface area contributed by atoms with Crippen LogP contribution >= 0.6 is 0 Å². The second-order valence-corrected chi connectivity index (χ2v) is 4.51. The maximum absolute atomic E-state index is 11.8. The van der Waals surface area contributed by atoms with Gasteiger partial charge in [-0.05, 0) is 26.7 Å². The molecule has 0 unspecified atom stereocenters. The molecule has 0 radical (unpaired) electrons. The lowest BCUT2D eigenvalue weighted by Gasteiger charge is -2.33. The molecule has 0 amide bonds. The number of carbonyl (C=O) groups is 1. The summed E-state index contributed by atoms with van der Waals surface area (Å²) in [5.74, 6) is -0.191. The molecule has 0 spiro atoms. The number of esters is 1. The second-order valence-electron chi connectivity index (χ2n) is 4.51. The van der Waals surface area contributed by atoms with Crippen molar-refractivity contribution in [2.24, 2.45) is 5.92 Å². The Morgan fingerprint density at radius 3 is 2.93 bits per heavy atom. The number of fused-ring (bicyclic) bond motifs is 1. The summed E-state index contributed by atoms with van der Waals surface area (Å²) in [5, 5.41) is 0. The number of hydrogen-bond donors (Lipinski definition) is 0. The fourth-order valence-electron chi connectivity index (χ4n) is 2.32. The van der Waals surface area contributed by atoms with Crippen molar-refractivity contribution in [2.45, 2.75) is 51.4 Å². The van der Waals surface area contributed by atoms with Crippen molar-refractivity contribution in [3.05, 3.63) is 12.2 Å². The van der Waals surface area contributed by atoms with Gasteiger partial charge in [0.25, 0.3) is 0 Å². The van der Waals surface area contributed by atoms with Crippen molar-refractivity contribution < 1.29 is 14.3 Å². The SMILES string of the molecule is C[C@@H]1C[C@@H](C)O[C@@H]2C=CCC[C@H]2C(=O)O1. The highest BCUT2D eigenvalue weighted by molar-refractivity contribution is 5.74. The molecule has 2 rings (SSSR count).